The van der Waals surface area contributed by atoms with Crippen molar-refractivity contribution in [2.45, 2.75) is 109 Å². The minimum Gasteiger partial charge on any atom is -0.300 e. The molecule has 9 nitrogen and oxygen atoms in total. The lowest BCUT2D eigenvalue weighted by atomic mass is 9.82. The molecule has 1 saturated carbocycles. The normalized spacial score (nSPS) is 18.3. The van der Waals surface area contributed by atoms with Gasteiger partial charge in [-0.05, 0) is 69.6 Å². The van der Waals surface area contributed by atoms with Gasteiger partial charge in [0, 0.05) is 24.0 Å². The first kappa shape index (κ1) is 34.5. The van der Waals surface area contributed by atoms with Gasteiger partial charge < -0.3 is 10.6 Å². The number of hydrogen-bond donors (Lipinski definition) is 2. The first-order chi connectivity index (χ1) is 22.9. The Bertz CT molecular complexity index is 1640. The highest BCUT2D eigenvalue weighted by molar-refractivity contribution is 7.15. The highest BCUT2D eigenvalue weighted by Gasteiger charge is 2.29. The average molecular weight is 672 g/mol. The van der Waals surface area contributed by atoms with Crippen LogP contribution in [-0.2, 0) is 22.4 Å². The molecule has 5 rings (SSSR count). The molecular weight excluding hydrogens is 627 g/mol. The minimum atomic E-state index is -0.165. The minimum absolute atomic E-state index is 0.0652. The zero-order valence-electron chi connectivity index (χ0n) is 27.5. The standard InChI is InChI=1S/C36H45N7O2S2/c1-4-6-7-12-25-13-8-14-26(24(3)19-20-25)22-31(44)38-35-42-40-33(46-35)27-15-9-16-28(21-27)34-41-43-36(47-34)39-32(45)23-30-18-10-17-29(37-30)11-5-2/h5,8,10,13-14,17-18,27-28H,2,4,6-7,9,11-12,15-16,19-23H2,1,3H3,(H,38,42,44)(H,39,43,45). The SMILES string of the molecule is C=CCc1cccc(CC(=O)Nc2nnc(C3CCCC(c4nnc(NC(=O)CC5=C(C)CCC(CCCCC)=CC=C5)s4)C3)s2)n1. The van der Waals surface area contributed by atoms with E-state index in [0.29, 0.717) is 28.8 Å². The summed E-state index contributed by atoms with van der Waals surface area (Å²) in [7, 11) is 0. The van der Waals surface area contributed by atoms with Crippen LogP contribution in [0.4, 0.5) is 10.3 Å². The molecule has 2 aliphatic rings. The lowest BCUT2D eigenvalue weighted by Crippen LogP contribution is -2.15. The smallest absolute Gasteiger partial charge is 0.232 e. The fourth-order valence-electron chi connectivity index (χ4n) is 6.15. The van der Waals surface area contributed by atoms with Crippen molar-refractivity contribution in [3.05, 3.63) is 87.2 Å². The zero-order valence-corrected chi connectivity index (χ0v) is 29.1. The molecule has 11 heteroatoms. The summed E-state index contributed by atoms with van der Waals surface area (Å²) < 4.78 is 0. The molecule has 2 unspecified atom stereocenters. The Hall–Kier alpha value is -3.83. The van der Waals surface area contributed by atoms with Crippen molar-refractivity contribution >= 4 is 44.8 Å². The van der Waals surface area contributed by atoms with Crippen LogP contribution in [0.25, 0.3) is 0 Å². The molecule has 2 aliphatic carbocycles. The number of allylic oxidation sites excluding steroid dienone is 6. The number of rotatable bonds is 14. The van der Waals surface area contributed by atoms with Crippen LogP contribution in [-0.4, -0.2) is 37.2 Å². The third-order valence-corrected chi connectivity index (χ3v) is 10.8. The molecule has 248 valence electrons. The van der Waals surface area contributed by atoms with E-state index in [0.717, 1.165) is 66.2 Å². The number of nitrogens with zero attached hydrogens (tertiary/aromatic N) is 5. The van der Waals surface area contributed by atoms with E-state index >= 15 is 0 Å². The molecule has 0 aromatic carbocycles. The third kappa shape index (κ3) is 10.3. The average Bonchev–Trinajstić information content (AvgIpc) is 3.72. The second-order valence-corrected chi connectivity index (χ2v) is 14.5. The van der Waals surface area contributed by atoms with Crippen molar-refractivity contribution in [3.63, 3.8) is 0 Å². The number of carbonyl (C=O) groups is 2. The van der Waals surface area contributed by atoms with E-state index < -0.39 is 0 Å². The second kappa shape index (κ2) is 17.4. The molecule has 2 amide bonds. The number of anilines is 2. The highest BCUT2D eigenvalue weighted by Crippen LogP contribution is 2.43. The molecule has 3 aromatic heterocycles. The summed E-state index contributed by atoms with van der Waals surface area (Å²) in [6.07, 6.45) is 20.3. The van der Waals surface area contributed by atoms with Crippen LogP contribution < -0.4 is 10.6 Å². The van der Waals surface area contributed by atoms with E-state index in [9.17, 15) is 9.59 Å². The fraction of sp³-hybridized carbons (Fsp3) is 0.472. The molecule has 0 radical (unpaired) electrons. The Morgan fingerprint density at radius 1 is 0.936 bits per heavy atom. The van der Waals surface area contributed by atoms with Gasteiger partial charge in [-0.25, -0.2) is 0 Å². The maximum absolute atomic E-state index is 13.0. The van der Waals surface area contributed by atoms with Gasteiger partial charge in [0.15, 0.2) is 0 Å². The van der Waals surface area contributed by atoms with Crippen LogP contribution in [0.1, 0.15) is 118 Å². The quantitative estimate of drug-likeness (QED) is 0.130. The number of nitrogens with one attached hydrogen (secondary N) is 2. The number of carbonyl (C=O) groups excluding carboxylic acids is 2. The van der Waals surface area contributed by atoms with Crippen molar-refractivity contribution in [1.29, 1.82) is 0 Å². The molecule has 3 aromatic rings. The summed E-state index contributed by atoms with van der Waals surface area (Å²) in [6.45, 7) is 8.13. The maximum atomic E-state index is 13.0. The van der Waals surface area contributed by atoms with E-state index in [-0.39, 0.29) is 30.1 Å². The third-order valence-electron chi connectivity index (χ3n) is 8.76. The predicted octanol–water partition coefficient (Wildman–Crippen LogP) is 8.64. The van der Waals surface area contributed by atoms with Crippen molar-refractivity contribution in [2.75, 3.05) is 10.6 Å². The van der Waals surface area contributed by atoms with Crippen molar-refractivity contribution in [2.24, 2.45) is 0 Å². The second-order valence-electron chi connectivity index (χ2n) is 12.5. The van der Waals surface area contributed by atoms with Gasteiger partial charge in [-0.1, -0.05) is 90.4 Å². The summed E-state index contributed by atoms with van der Waals surface area (Å²) in [5, 5.41) is 26.3. The van der Waals surface area contributed by atoms with Crippen LogP contribution in [0.15, 0.2) is 65.8 Å². The number of hydrogen-bond acceptors (Lipinski definition) is 9. The van der Waals surface area contributed by atoms with Gasteiger partial charge in [0.05, 0.1) is 18.5 Å². The van der Waals surface area contributed by atoms with Gasteiger partial charge in [0.1, 0.15) is 10.0 Å². The van der Waals surface area contributed by atoms with Gasteiger partial charge in [-0.2, -0.15) is 0 Å². The molecule has 2 atom stereocenters. The van der Waals surface area contributed by atoms with Crippen molar-refractivity contribution in [3.8, 4) is 0 Å². The highest BCUT2D eigenvalue weighted by atomic mass is 32.1. The van der Waals surface area contributed by atoms with Crippen molar-refractivity contribution < 1.29 is 9.59 Å². The summed E-state index contributed by atoms with van der Waals surface area (Å²) >= 11 is 2.90. The van der Waals surface area contributed by atoms with E-state index in [1.165, 1.54) is 53.1 Å². The van der Waals surface area contributed by atoms with Crippen LogP contribution >= 0.6 is 22.7 Å². The molecule has 47 heavy (non-hydrogen) atoms. The van der Waals surface area contributed by atoms with Gasteiger partial charge in [0.25, 0.3) is 0 Å². The molecule has 0 saturated heterocycles. The Labute approximate surface area is 285 Å². The van der Waals surface area contributed by atoms with E-state index in [2.05, 4.69) is 74.7 Å². The van der Waals surface area contributed by atoms with E-state index in [1.54, 1.807) is 6.08 Å². The Morgan fingerprint density at radius 2 is 1.62 bits per heavy atom. The molecule has 3 heterocycles. The summed E-state index contributed by atoms with van der Waals surface area (Å²) in [6, 6.07) is 5.68. The molecule has 0 bridgehead atoms. The van der Waals surface area contributed by atoms with E-state index in [1.807, 2.05) is 18.2 Å². The number of unbranched alkanes of at least 4 members (excludes halogenated alkanes) is 2. The molecule has 0 aliphatic heterocycles. The topological polar surface area (TPSA) is 123 Å². The Kier molecular flexibility index (Phi) is 12.7. The lowest BCUT2D eigenvalue weighted by molar-refractivity contribution is -0.116. The Morgan fingerprint density at radius 3 is 2.30 bits per heavy atom. The zero-order chi connectivity index (χ0) is 33.0. The maximum Gasteiger partial charge on any atom is 0.232 e. The fourth-order valence-corrected chi connectivity index (χ4v) is 7.96. The van der Waals surface area contributed by atoms with E-state index in [4.69, 9.17) is 0 Å². The van der Waals surface area contributed by atoms with Crippen LogP contribution in [0.3, 0.4) is 0 Å². The summed E-state index contributed by atoms with van der Waals surface area (Å²) in [5.41, 5.74) is 5.45. The monoisotopic (exact) mass is 671 g/mol. The van der Waals surface area contributed by atoms with Crippen molar-refractivity contribution in [1.82, 2.24) is 25.4 Å². The summed E-state index contributed by atoms with van der Waals surface area (Å²) in [4.78, 5) is 30.2. The van der Waals surface area contributed by atoms with Gasteiger partial charge in [0.2, 0.25) is 22.1 Å². The molecular formula is C36H45N7O2S2. The van der Waals surface area contributed by atoms with Crippen LogP contribution in [0.2, 0.25) is 0 Å². The lowest BCUT2D eigenvalue weighted by Gasteiger charge is -2.25. The van der Waals surface area contributed by atoms with Crippen LogP contribution in [0, 0.1) is 0 Å². The molecule has 2 N–H and O–H groups in total. The number of pyridine rings is 1. The Balaban J connectivity index is 1.12. The largest absolute Gasteiger partial charge is 0.300 e. The first-order valence-electron chi connectivity index (χ1n) is 16.8. The first-order valence-corrected chi connectivity index (χ1v) is 18.4. The molecule has 0 spiro atoms. The predicted molar refractivity (Wildman–Crippen MR) is 191 cm³/mol. The van der Waals surface area contributed by atoms with Gasteiger partial charge in [-0.15, -0.1) is 27.0 Å². The van der Waals surface area contributed by atoms with Gasteiger partial charge >= 0.3 is 0 Å². The number of aromatic nitrogens is 5. The molecule has 1 fully saturated rings. The van der Waals surface area contributed by atoms with Crippen LogP contribution in [0.5, 0.6) is 0 Å². The number of amides is 2. The van der Waals surface area contributed by atoms with Gasteiger partial charge in [-0.3, -0.25) is 14.6 Å². The summed E-state index contributed by atoms with van der Waals surface area (Å²) in [5.74, 6) is 0.245.